The lowest BCUT2D eigenvalue weighted by atomic mass is 10.1. The van der Waals surface area contributed by atoms with Crippen molar-refractivity contribution in [3.8, 4) is 0 Å². The molecule has 0 fully saturated rings. The van der Waals surface area contributed by atoms with Gasteiger partial charge in [0.15, 0.2) is 6.10 Å². The fourth-order valence-corrected chi connectivity index (χ4v) is 7.59. The summed E-state index contributed by atoms with van der Waals surface area (Å²) < 4.78 is 34.4. The molecule has 0 aliphatic heterocycles. The minimum absolute atomic E-state index is 0.0234. The number of carbonyl (C=O) groups excluding carboxylic acids is 2. The van der Waals surface area contributed by atoms with Gasteiger partial charge < -0.3 is 18.9 Å². The van der Waals surface area contributed by atoms with Gasteiger partial charge in [0.1, 0.15) is 19.8 Å². The Balaban J connectivity index is 4.18. The maximum absolute atomic E-state index is 12.8. The summed E-state index contributed by atoms with van der Waals surface area (Å²) >= 11 is 0. The maximum Gasteiger partial charge on any atom is 0.472 e. The zero-order chi connectivity index (χ0) is 50.6. The molecule has 394 valence electrons. The van der Waals surface area contributed by atoms with Crippen LogP contribution in [0.4, 0.5) is 0 Å². The largest absolute Gasteiger partial charge is 0.472 e. The number of phosphoric acid groups is 1. The molecule has 0 saturated heterocycles. The van der Waals surface area contributed by atoms with E-state index in [-0.39, 0.29) is 32.0 Å². The Bertz CT molecular complexity index is 1530. The standard InChI is InChI=1S/C59H100NO8P/c1-6-8-10-12-14-16-18-20-21-22-23-24-25-26-27-28-29-30-31-32-33-34-35-36-37-38-39-40-42-44-46-48-50-52-59(62)68-57(56-67-69(63,64)66-54-53-60(3,4)5)55-65-58(61)51-49-47-45-43-41-19-17-15-13-11-9-7-2/h8,10,14-17,20-21,23-24,26-27,29-30,32-33,35-36,57H,6-7,9,11-13,18-19,22,25,28,31,34,37-56H2,1-5H3/p+1/b10-8-,16-14-,17-15-,21-20-,24-23-,27-26-,30-29-,33-32-,36-35-. The third-order valence-electron chi connectivity index (χ3n) is 11.0. The minimum atomic E-state index is -4.39. The van der Waals surface area contributed by atoms with Crippen LogP contribution in [0, 0.1) is 0 Å². The van der Waals surface area contributed by atoms with Crippen LogP contribution in [0.1, 0.15) is 200 Å². The molecule has 0 aliphatic rings. The Hall–Kier alpha value is -3.33. The van der Waals surface area contributed by atoms with Crippen molar-refractivity contribution in [2.24, 2.45) is 0 Å². The Morgan fingerprint density at radius 1 is 0.464 bits per heavy atom. The Kier molecular flexibility index (Phi) is 47.2. The first kappa shape index (κ1) is 65.7. The predicted molar refractivity (Wildman–Crippen MR) is 293 cm³/mol. The lowest BCUT2D eigenvalue weighted by Crippen LogP contribution is -2.37. The predicted octanol–water partition coefficient (Wildman–Crippen LogP) is 16.6. The summed E-state index contributed by atoms with van der Waals surface area (Å²) in [5.74, 6) is -0.826. The van der Waals surface area contributed by atoms with Gasteiger partial charge >= 0.3 is 19.8 Å². The van der Waals surface area contributed by atoms with E-state index >= 15 is 0 Å². The summed E-state index contributed by atoms with van der Waals surface area (Å²) in [4.78, 5) is 35.5. The van der Waals surface area contributed by atoms with Crippen LogP contribution in [0.3, 0.4) is 0 Å². The van der Waals surface area contributed by atoms with Crippen molar-refractivity contribution < 1.29 is 42.1 Å². The van der Waals surface area contributed by atoms with E-state index in [2.05, 4.69) is 123 Å². The highest BCUT2D eigenvalue weighted by Gasteiger charge is 2.27. The molecule has 69 heavy (non-hydrogen) atoms. The summed E-state index contributed by atoms with van der Waals surface area (Å²) in [5.41, 5.74) is 0. The van der Waals surface area contributed by atoms with Crippen molar-refractivity contribution in [2.45, 2.75) is 206 Å². The number of quaternary nitrogens is 1. The van der Waals surface area contributed by atoms with Crippen LogP contribution < -0.4 is 0 Å². The minimum Gasteiger partial charge on any atom is -0.462 e. The summed E-state index contributed by atoms with van der Waals surface area (Å²) in [6.45, 7) is 4.25. The highest BCUT2D eigenvalue weighted by Crippen LogP contribution is 2.43. The topological polar surface area (TPSA) is 108 Å². The van der Waals surface area contributed by atoms with E-state index in [0.29, 0.717) is 17.4 Å². The van der Waals surface area contributed by atoms with Crippen molar-refractivity contribution >= 4 is 19.8 Å². The zero-order valence-electron chi connectivity index (χ0n) is 44.5. The van der Waals surface area contributed by atoms with Crippen LogP contribution >= 0.6 is 7.82 Å². The van der Waals surface area contributed by atoms with E-state index in [1.807, 2.05) is 21.1 Å². The number of likely N-dealkylation sites (N-methyl/N-ethyl adjacent to an activating group) is 1. The van der Waals surface area contributed by atoms with Crippen LogP contribution in [-0.2, 0) is 32.7 Å². The molecule has 0 aromatic rings. The first-order valence-electron chi connectivity index (χ1n) is 27.1. The Labute approximate surface area is 423 Å². The number of allylic oxidation sites excluding steroid dienone is 18. The number of phosphoric ester groups is 1. The Morgan fingerprint density at radius 3 is 1.25 bits per heavy atom. The van der Waals surface area contributed by atoms with E-state index in [1.54, 1.807) is 0 Å². The molecule has 0 radical (unpaired) electrons. The van der Waals surface area contributed by atoms with Gasteiger partial charge in [-0.15, -0.1) is 0 Å². The molecule has 0 aromatic carbocycles. The molecule has 0 saturated carbocycles. The van der Waals surface area contributed by atoms with E-state index in [9.17, 15) is 19.0 Å². The van der Waals surface area contributed by atoms with E-state index in [4.69, 9.17) is 18.5 Å². The van der Waals surface area contributed by atoms with Gasteiger partial charge in [-0.1, -0.05) is 194 Å². The maximum atomic E-state index is 12.8. The van der Waals surface area contributed by atoms with E-state index < -0.39 is 26.5 Å². The SMILES string of the molecule is CC/C=C\C/C=C\C/C=C\C/C=C\C/C=C\C/C=C\C/C=C\C/C=C\CCCCCCCCCCC(=O)OC(COC(=O)CCCCCCC/C=C\CCCCC)COP(=O)(O)OCC[N+](C)(C)C. The molecule has 0 amide bonds. The smallest absolute Gasteiger partial charge is 0.462 e. The summed E-state index contributed by atoms with van der Waals surface area (Å²) in [5, 5.41) is 0. The quantitative estimate of drug-likeness (QED) is 0.0211. The van der Waals surface area contributed by atoms with Crippen molar-refractivity contribution in [3.63, 3.8) is 0 Å². The van der Waals surface area contributed by atoms with Crippen molar-refractivity contribution in [1.82, 2.24) is 0 Å². The van der Waals surface area contributed by atoms with Crippen molar-refractivity contribution in [1.29, 1.82) is 0 Å². The number of esters is 2. The van der Waals surface area contributed by atoms with Gasteiger partial charge in [0.05, 0.1) is 27.7 Å². The lowest BCUT2D eigenvalue weighted by molar-refractivity contribution is -0.870. The lowest BCUT2D eigenvalue weighted by Gasteiger charge is -2.24. The van der Waals surface area contributed by atoms with Gasteiger partial charge in [-0.3, -0.25) is 18.6 Å². The summed E-state index contributed by atoms with van der Waals surface area (Å²) in [6.07, 6.45) is 68.7. The number of carbonyl (C=O) groups is 2. The summed E-state index contributed by atoms with van der Waals surface area (Å²) in [7, 11) is 1.45. The number of nitrogens with zero attached hydrogens (tertiary/aromatic N) is 1. The molecular formula is C59H101NO8P+. The van der Waals surface area contributed by atoms with Crippen LogP contribution in [-0.4, -0.2) is 74.9 Å². The van der Waals surface area contributed by atoms with Gasteiger partial charge in [0, 0.05) is 12.8 Å². The van der Waals surface area contributed by atoms with Crippen LogP contribution in [0.25, 0.3) is 0 Å². The Morgan fingerprint density at radius 2 is 0.826 bits per heavy atom. The molecule has 1 N–H and O–H groups in total. The second-order valence-corrected chi connectivity index (χ2v) is 20.3. The molecule has 0 aliphatic carbocycles. The van der Waals surface area contributed by atoms with E-state index in [1.165, 1.54) is 51.4 Å². The highest BCUT2D eigenvalue weighted by molar-refractivity contribution is 7.47. The van der Waals surface area contributed by atoms with Gasteiger partial charge in [-0.05, 0) is 103 Å². The number of rotatable bonds is 48. The number of hydrogen-bond donors (Lipinski definition) is 1. The molecule has 0 aromatic heterocycles. The number of hydrogen-bond acceptors (Lipinski definition) is 7. The molecular weight excluding hydrogens is 882 g/mol. The molecule has 0 rings (SSSR count). The van der Waals surface area contributed by atoms with Crippen LogP contribution in [0.15, 0.2) is 109 Å². The van der Waals surface area contributed by atoms with Gasteiger partial charge in [0.25, 0.3) is 0 Å². The van der Waals surface area contributed by atoms with Crippen molar-refractivity contribution in [3.05, 3.63) is 109 Å². The fraction of sp³-hybridized carbons (Fsp3) is 0.661. The molecule has 9 nitrogen and oxygen atoms in total. The zero-order valence-corrected chi connectivity index (χ0v) is 45.4. The molecule has 10 heteroatoms. The molecule has 2 unspecified atom stereocenters. The summed E-state index contributed by atoms with van der Waals surface area (Å²) in [6, 6.07) is 0. The molecule has 2 atom stereocenters. The van der Waals surface area contributed by atoms with E-state index in [0.717, 1.165) is 116 Å². The van der Waals surface area contributed by atoms with Crippen molar-refractivity contribution in [2.75, 3.05) is 47.5 Å². The normalized spacial score (nSPS) is 14.2. The molecule has 0 heterocycles. The number of unbranched alkanes of at least 4 members (excludes halogenated alkanes) is 16. The molecule has 0 spiro atoms. The third kappa shape index (κ3) is 53.9. The fourth-order valence-electron chi connectivity index (χ4n) is 6.85. The third-order valence-corrected chi connectivity index (χ3v) is 12.0. The van der Waals surface area contributed by atoms with Gasteiger partial charge in [0.2, 0.25) is 0 Å². The second kappa shape index (κ2) is 49.6. The van der Waals surface area contributed by atoms with Gasteiger partial charge in [-0.25, -0.2) is 4.57 Å². The van der Waals surface area contributed by atoms with Crippen LogP contribution in [0.5, 0.6) is 0 Å². The molecule has 0 bridgehead atoms. The highest BCUT2D eigenvalue weighted by atomic mass is 31.2. The first-order valence-corrected chi connectivity index (χ1v) is 28.6. The average molecular weight is 983 g/mol. The van der Waals surface area contributed by atoms with Crippen LogP contribution in [0.2, 0.25) is 0 Å². The first-order chi connectivity index (χ1) is 33.5. The average Bonchev–Trinajstić information content (AvgIpc) is 3.31. The second-order valence-electron chi connectivity index (χ2n) is 18.9. The number of ether oxygens (including phenoxy) is 2. The van der Waals surface area contributed by atoms with Gasteiger partial charge in [-0.2, -0.15) is 0 Å². The monoisotopic (exact) mass is 983 g/mol.